The topological polar surface area (TPSA) is 29.3 Å². The number of para-hydroxylation sites is 2. The van der Waals surface area contributed by atoms with Gasteiger partial charge in [0.25, 0.3) is 0 Å². The van der Waals surface area contributed by atoms with Crippen LogP contribution in [0, 0.1) is 0 Å². The summed E-state index contributed by atoms with van der Waals surface area (Å²) in [4.78, 5) is 2.47. The highest BCUT2D eigenvalue weighted by molar-refractivity contribution is 5.68. The van der Waals surface area contributed by atoms with Gasteiger partial charge in [-0.05, 0) is 45.2 Å². The Hall–Kier alpha value is -1.18. The van der Waals surface area contributed by atoms with Crippen molar-refractivity contribution in [1.29, 1.82) is 0 Å². The Morgan fingerprint density at radius 3 is 2.33 bits per heavy atom. The highest BCUT2D eigenvalue weighted by Crippen LogP contribution is 2.32. The van der Waals surface area contributed by atoms with Crippen molar-refractivity contribution < 1.29 is 0 Å². The monoisotopic (exact) mass is 204 g/mol. The van der Waals surface area contributed by atoms with Crippen molar-refractivity contribution in [1.82, 2.24) is 0 Å². The maximum atomic E-state index is 6.03. The number of rotatable bonds is 1. The molecule has 1 aromatic rings. The smallest absolute Gasteiger partial charge is 0.0604 e. The van der Waals surface area contributed by atoms with Crippen LogP contribution in [0.2, 0.25) is 0 Å². The lowest BCUT2D eigenvalue weighted by Crippen LogP contribution is -2.44. The number of hydrogen-bond donors (Lipinski definition) is 1. The molecule has 2 rings (SSSR count). The fourth-order valence-corrected chi connectivity index (χ4v) is 2.62. The Labute approximate surface area is 92.1 Å². The first-order valence-corrected chi connectivity index (χ1v) is 5.83. The second kappa shape index (κ2) is 4.13. The van der Waals surface area contributed by atoms with Crippen molar-refractivity contribution in [2.75, 3.05) is 10.6 Å². The molecule has 1 aromatic carbocycles. The molecule has 2 heteroatoms. The van der Waals surface area contributed by atoms with E-state index >= 15 is 0 Å². The van der Waals surface area contributed by atoms with E-state index in [0.29, 0.717) is 12.1 Å². The van der Waals surface area contributed by atoms with Gasteiger partial charge >= 0.3 is 0 Å². The zero-order chi connectivity index (χ0) is 10.8. The van der Waals surface area contributed by atoms with Crippen LogP contribution in [0.1, 0.15) is 33.1 Å². The van der Waals surface area contributed by atoms with Gasteiger partial charge in [-0.2, -0.15) is 0 Å². The van der Waals surface area contributed by atoms with E-state index < -0.39 is 0 Å². The van der Waals surface area contributed by atoms with Crippen LogP contribution in [-0.4, -0.2) is 12.1 Å². The minimum Gasteiger partial charge on any atom is -0.397 e. The van der Waals surface area contributed by atoms with Crippen molar-refractivity contribution in [3.63, 3.8) is 0 Å². The number of nitrogens with zero attached hydrogens (tertiary/aromatic N) is 1. The van der Waals surface area contributed by atoms with Gasteiger partial charge in [0, 0.05) is 12.1 Å². The normalized spacial score (nSPS) is 26.7. The quantitative estimate of drug-likeness (QED) is 0.712. The van der Waals surface area contributed by atoms with Crippen molar-refractivity contribution >= 4 is 11.4 Å². The largest absolute Gasteiger partial charge is 0.397 e. The molecule has 2 N–H and O–H groups in total. The Balaban J connectivity index is 2.31. The lowest BCUT2D eigenvalue weighted by atomic mass is 9.96. The first-order valence-electron chi connectivity index (χ1n) is 5.83. The number of nitrogen functional groups attached to an aromatic ring is 1. The molecule has 1 fully saturated rings. The zero-order valence-corrected chi connectivity index (χ0v) is 9.61. The predicted molar refractivity (Wildman–Crippen MR) is 66.1 cm³/mol. The third-order valence-corrected chi connectivity index (χ3v) is 3.41. The van der Waals surface area contributed by atoms with Crippen LogP contribution in [0.3, 0.4) is 0 Å². The maximum Gasteiger partial charge on any atom is 0.0604 e. The molecule has 0 radical (unpaired) electrons. The summed E-state index contributed by atoms with van der Waals surface area (Å²) in [5.74, 6) is 0. The molecule has 1 aliphatic heterocycles. The van der Waals surface area contributed by atoms with Gasteiger partial charge in [-0.15, -0.1) is 0 Å². The van der Waals surface area contributed by atoms with Gasteiger partial charge in [0.15, 0.2) is 0 Å². The number of nitrogens with two attached hydrogens (primary N) is 1. The fourth-order valence-electron chi connectivity index (χ4n) is 2.62. The number of anilines is 2. The minimum absolute atomic E-state index is 0.610. The predicted octanol–water partition coefficient (Wildman–Crippen LogP) is 3.04. The van der Waals surface area contributed by atoms with Crippen molar-refractivity contribution in [2.45, 2.75) is 45.2 Å². The van der Waals surface area contributed by atoms with Gasteiger partial charge in [0.05, 0.1) is 11.4 Å². The molecule has 15 heavy (non-hydrogen) atoms. The van der Waals surface area contributed by atoms with Crippen LogP contribution in [0.25, 0.3) is 0 Å². The first kappa shape index (κ1) is 10.3. The molecule has 1 saturated heterocycles. The van der Waals surface area contributed by atoms with E-state index in [4.69, 9.17) is 5.73 Å². The molecule has 1 heterocycles. The molecular formula is C13H20N2. The van der Waals surface area contributed by atoms with Gasteiger partial charge in [0.1, 0.15) is 0 Å². The van der Waals surface area contributed by atoms with E-state index in [1.54, 1.807) is 0 Å². The summed E-state index contributed by atoms with van der Waals surface area (Å²) in [5.41, 5.74) is 8.14. The molecule has 2 nitrogen and oxygen atoms in total. The summed E-state index contributed by atoms with van der Waals surface area (Å²) < 4.78 is 0. The van der Waals surface area contributed by atoms with Gasteiger partial charge in [-0.1, -0.05) is 12.1 Å². The minimum atomic E-state index is 0.610. The summed E-state index contributed by atoms with van der Waals surface area (Å²) in [6.45, 7) is 4.59. The second-order valence-corrected chi connectivity index (χ2v) is 4.60. The highest BCUT2D eigenvalue weighted by Gasteiger charge is 2.25. The van der Waals surface area contributed by atoms with Gasteiger partial charge in [-0.3, -0.25) is 0 Å². The number of benzene rings is 1. The van der Waals surface area contributed by atoms with Crippen LogP contribution in [0.5, 0.6) is 0 Å². The molecule has 0 bridgehead atoms. The Kier molecular flexibility index (Phi) is 2.85. The molecule has 0 unspecified atom stereocenters. The third kappa shape index (κ3) is 1.94. The van der Waals surface area contributed by atoms with Gasteiger partial charge in [0.2, 0.25) is 0 Å². The van der Waals surface area contributed by atoms with E-state index in [1.807, 2.05) is 12.1 Å². The van der Waals surface area contributed by atoms with E-state index in [9.17, 15) is 0 Å². The van der Waals surface area contributed by atoms with Crippen molar-refractivity contribution in [3.05, 3.63) is 24.3 Å². The fraction of sp³-hybridized carbons (Fsp3) is 0.538. The number of piperidine rings is 1. The molecule has 82 valence electrons. The third-order valence-electron chi connectivity index (χ3n) is 3.41. The zero-order valence-electron chi connectivity index (χ0n) is 9.61. The van der Waals surface area contributed by atoms with Gasteiger partial charge < -0.3 is 10.6 Å². The highest BCUT2D eigenvalue weighted by atomic mass is 15.2. The Morgan fingerprint density at radius 1 is 1.13 bits per heavy atom. The maximum absolute atomic E-state index is 6.03. The van der Waals surface area contributed by atoms with Gasteiger partial charge in [-0.25, -0.2) is 0 Å². The Morgan fingerprint density at radius 2 is 1.73 bits per heavy atom. The lowest BCUT2D eigenvalue weighted by Gasteiger charge is -2.41. The molecule has 0 amide bonds. The SMILES string of the molecule is C[C@H]1CCC[C@H](C)N1c1ccccc1N. The Bertz CT molecular complexity index is 325. The molecule has 0 spiro atoms. The molecule has 1 aliphatic rings. The van der Waals surface area contributed by atoms with Crippen molar-refractivity contribution in [2.24, 2.45) is 0 Å². The summed E-state index contributed by atoms with van der Waals surface area (Å²) in [5, 5.41) is 0. The van der Waals surface area contributed by atoms with E-state index in [2.05, 4.69) is 30.9 Å². The van der Waals surface area contributed by atoms with E-state index in [-0.39, 0.29) is 0 Å². The summed E-state index contributed by atoms with van der Waals surface area (Å²) in [7, 11) is 0. The van der Waals surface area contributed by atoms with E-state index in [0.717, 1.165) is 5.69 Å². The van der Waals surface area contributed by atoms with Crippen LogP contribution < -0.4 is 10.6 Å². The second-order valence-electron chi connectivity index (χ2n) is 4.60. The lowest BCUT2D eigenvalue weighted by molar-refractivity contribution is 0.415. The molecular weight excluding hydrogens is 184 g/mol. The molecule has 0 aromatic heterocycles. The summed E-state index contributed by atoms with van der Waals surface area (Å²) >= 11 is 0. The standard InChI is InChI=1S/C13H20N2/c1-10-6-5-7-11(2)15(10)13-9-4-3-8-12(13)14/h3-4,8-11H,5-7,14H2,1-2H3/t10-,11-/m0/s1. The van der Waals surface area contributed by atoms with E-state index in [1.165, 1.54) is 24.9 Å². The van der Waals surface area contributed by atoms with Crippen molar-refractivity contribution in [3.8, 4) is 0 Å². The van der Waals surface area contributed by atoms with Crippen LogP contribution in [-0.2, 0) is 0 Å². The average molecular weight is 204 g/mol. The van der Waals surface area contributed by atoms with Crippen LogP contribution >= 0.6 is 0 Å². The van der Waals surface area contributed by atoms with Crippen LogP contribution in [0.15, 0.2) is 24.3 Å². The average Bonchev–Trinajstić information content (AvgIpc) is 2.20. The molecule has 0 saturated carbocycles. The summed E-state index contributed by atoms with van der Waals surface area (Å²) in [6, 6.07) is 9.41. The number of hydrogen-bond acceptors (Lipinski definition) is 2. The molecule has 0 aliphatic carbocycles. The summed E-state index contributed by atoms with van der Waals surface area (Å²) in [6.07, 6.45) is 3.89. The molecule has 2 atom stereocenters. The first-order chi connectivity index (χ1) is 7.20. The van der Waals surface area contributed by atoms with Crippen LogP contribution in [0.4, 0.5) is 11.4 Å².